The molecule has 1 heterocycles. The van der Waals surface area contributed by atoms with Crippen LogP contribution in [0.3, 0.4) is 0 Å². The quantitative estimate of drug-likeness (QED) is 0.831. The minimum atomic E-state index is -0.279. The summed E-state index contributed by atoms with van der Waals surface area (Å²) in [6, 6.07) is 0. The predicted octanol–water partition coefficient (Wildman–Crippen LogP) is 3.03. The van der Waals surface area contributed by atoms with Gasteiger partial charge in [0.2, 0.25) is 0 Å². The predicted molar refractivity (Wildman–Crippen MR) is 62.3 cm³/mol. The molecule has 0 radical (unpaired) electrons. The summed E-state index contributed by atoms with van der Waals surface area (Å²) in [6.45, 7) is 6.38. The molecule has 0 unspecified atom stereocenters. The molecule has 1 N–H and O–H groups in total. The molecule has 0 aliphatic carbocycles. The molecular weight excluding hydrogens is 234 g/mol. The van der Waals surface area contributed by atoms with Crippen LogP contribution >= 0.6 is 22.9 Å². The average Bonchev–Trinajstić information content (AvgIpc) is 2.47. The molecular formula is C10H14ClNO2S. The van der Waals surface area contributed by atoms with Gasteiger partial charge in [-0.3, -0.25) is 9.63 Å². The fourth-order valence-electron chi connectivity index (χ4n) is 0.903. The van der Waals surface area contributed by atoms with Crippen molar-refractivity contribution in [1.29, 1.82) is 0 Å². The van der Waals surface area contributed by atoms with Crippen LogP contribution in [0.1, 0.15) is 29.1 Å². The second-order valence-corrected chi connectivity index (χ2v) is 4.96. The Morgan fingerprint density at radius 1 is 1.67 bits per heavy atom. The maximum atomic E-state index is 11.6. The van der Waals surface area contributed by atoms with Gasteiger partial charge in [0.1, 0.15) is 4.88 Å². The number of aryl methyl sites for hydroxylation is 1. The summed E-state index contributed by atoms with van der Waals surface area (Å²) in [4.78, 5) is 17.1. The maximum Gasteiger partial charge on any atom is 0.286 e. The van der Waals surface area contributed by atoms with Crippen LogP contribution in [0, 0.1) is 12.8 Å². The standard InChI is InChI=1S/C10H14ClNO2S/c1-6(2)4-14-12-10(13)9-8(11)7(3)5-15-9/h5-6H,4H2,1-3H3,(H,12,13). The maximum absolute atomic E-state index is 11.6. The molecule has 1 amide bonds. The van der Waals surface area contributed by atoms with Crippen molar-refractivity contribution in [3.63, 3.8) is 0 Å². The molecule has 0 aliphatic rings. The van der Waals surface area contributed by atoms with Crippen LogP contribution in [0.2, 0.25) is 5.02 Å². The van der Waals surface area contributed by atoms with Crippen molar-refractivity contribution >= 4 is 28.8 Å². The van der Waals surface area contributed by atoms with Gasteiger partial charge in [0.15, 0.2) is 0 Å². The summed E-state index contributed by atoms with van der Waals surface area (Å²) in [5.74, 6) is 0.101. The highest BCUT2D eigenvalue weighted by atomic mass is 35.5. The average molecular weight is 248 g/mol. The van der Waals surface area contributed by atoms with Gasteiger partial charge in [0.05, 0.1) is 11.6 Å². The first-order chi connectivity index (χ1) is 7.02. The van der Waals surface area contributed by atoms with E-state index in [2.05, 4.69) is 5.48 Å². The number of nitrogens with one attached hydrogen (secondary N) is 1. The zero-order valence-corrected chi connectivity index (χ0v) is 10.5. The van der Waals surface area contributed by atoms with Gasteiger partial charge in [-0.25, -0.2) is 5.48 Å². The van der Waals surface area contributed by atoms with Crippen molar-refractivity contribution in [2.75, 3.05) is 6.61 Å². The van der Waals surface area contributed by atoms with E-state index in [-0.39, 0.29) is 5.91 Å². The highest BCUT2D eigenvalue weighted by molar-refractivity contribution is 7.13. The second-order valence-electron chi connectivity index (χ2n) is 3.70. The molecule has 0 atom stereocenters. The lowest BCUT2D eigenvalue weighted by atomic mass is 10.2. The van der Waals surface area contributed by atoms with Crippen LogP contribution in [0.25, 0.3) is 0 Å². The molecule has 0 fully saturated rings. The molecule has 3 nitrogen and oxygen atoms in total. The second kappa shape index (κ2) is 5.49. The van der Waals surface area contributed by atoms with Gasteiger partial charge in [-0.15, -0.1) is 11.3 Å². The largest absolute Gasteiger partial charge is 0.286 e. The summed E-state index contributed by atoms with van der Waals surface area (Å²) in [7, 11) is 0. The number of rotatable bonds is 4. The van der Waals surface area contributed by atoms with E-state index in [0.717, 1.165) is 5.56 Å². The number of hydroxylamine groups is 1. The van der Waals surface area contributed by atoms with Crippen LogP contribution in [0.4, 0.5) is 0 Å². The van der Waals surface area contributed by atoms with Gasteiger partial charge in [-0.2, -0.15) is 0 Å². The Hall–Kier alpha value is -0.580. The van der Waals surface area contributed by atoms with Crippen molar-refractivity contribution in [1.82, 2.24) is 5.48 Å². The lowest BCUT2D eigenvalue weighted by molar-refractivity contribution is 0.0212. The Balaban J connectivity index is 2.51. The smallest absolute Gasteiger partial charge is 0.273 e. The van der Waals surface area contributed by atoms with Gasteiger partial charge >= 0.3 is 0 Å². The Bertz CT molecular complexity index is 349. The Kier molecular flexibility index (Phi) is 4.57. The molecule has 0 saturated carbocycles. The zero-order chi connectivity index (χ0) is 11.4. The molecule has 15 heavy (non-hydrogen) atoms. The van der Waals surface area contributed by atoms with Gasteiger partial charge in [-0.1, -0.05) is 25.4 Å². The van der Waals surface area contributed by atoms with Crippen molar-refractivity contribution in [2.24, 2.45) is 5.92 Å². The summed E-state index contributed by atoms with van der Waals surface area (Å²) in [5, 5.41) is 2.35. The number of thiophene rings is 1. The SMILES string of the molecule is Cc1csc(C(=O)NOCC(C)C)c1Cl. The van der Waals surface area contributed by atoms with Gasteiger partial charge in [-0.05, 0) is 23.8 Å². The molecule has 0 aromatic carbocycles. The van der Waals surface area contributed by atoms with Crippen molar-refractivity contribution in [3.8, 4) is 0 Å². The van der Waals surface area contributed by atoms with Crippen molar-refractivity contribution < 1.29 is 9.63 Å². The number of carbonyl (C=O) groups excluding carboxylic acids is 1. The first-order valence-corrected chi connectivity index (χ1v) is 5.93. The number of halogens is 1. The third-order valence-corrected chi connectivity index (χ3v) is 3.38. The van der Waals surface area contributed by atoms with Gasteiger partial charge in [0.25, 0.3) is 5.91 Å². The number of hydrogen-bond acceptors (Lipinski definition) is 3. The van der Waals surface area contributed by atoms with E-state index in [1.165, 1.54) is 11.3 Å². The Labute approximate surface area is 98.3 Å². The van der Waals surface area contributed by atoms with Crippen LogP contribution in [-0.2, 0) is 4.84 Å². The molecule has 0 aliphatic heterocycles. The first-order valence-electron chi connectivity index (χ1n) is 4.68. The fraction of sp³-hybridized carbons (Fsp3) is 0.500. The van der Waals surface area contributed by atoms with E-state index in [1.807, 2.05) is 26.2 Å². The third kappa shape index (κ3) is 3.48. The minimum absolute atomic E-state index is 0.279. The first kappa shape index (κ1) is 12.5. The molecule has 5 heteroatoms. The number of carbonyl (C=O) groups is 1. The summed E-state index contributed by atoms with van der Waals surface area (Å²) in [6.07, 6.45) is 0. The van der Waals surface area contributed by atoms with E-state index >= 15 is 0 Å². The van der Waals surface area contributed by atoms with E-state index in [9.17, 15) is 4.79 Å². The van der Waals surface area contributed by atoms with E-state index in [0.29, 0.717) is 22.4 Å². The summed E-state index contributed by atoms with van der Waals surface area (Å²) in [5.41, 5.74) is 3.28. The minimum Gasteiger partial charge on any atom is -0.273 e. The van der Waals surface area contributed by atoms with Gasteiger partial charge in [0, 0.05) is 0 Å². The fourth-order valence-corrected chi connectivity index (χ4v) is 2.07. The zero-order valence-electron chi connectivity index (χ0n) is 8.96. The van der Waals surface area contributed by atoms with Crippen molar-refractivity contribution in [2.45, 2.75) is 20.8 Å². The molecule has 84 valence electrons. The Morgan fingerprint density at radius 3 is 2.80 bits per heavy atom. The van der Waals surface area contributed by atoms with E-state index in [1.54, 1.807) is 0 Å². The molecule has 0 spiro atoms. The van der Waals surface area contributed by atoms with Crippen molar-refractivity contribution in [3.05, 3.63) is 20.8 Å². The molecule has 0 saturated heterocycles. The highest BCUT2D eigenvalue weighted by Crippen LogP contribution is 2.26. The summed E-state index contributed by atoms with van der Waals surface area (Å²) < 4.78 is 0. The van der Waals surface area contributed by atoms with Crippen LogP contribution in [-0.4, -0.2) is 12.5 Å². The van der Waals surface area contributed by atoms with E-state index in [4.69, 9.17) is 16.4 Å². The normalized spacial score (nSPS) is 10.7. The van der Waals surface area contributed by atoms with Crippen LogP contribution in [0.15, 0.2) is 5.38 Å². The lowest BCUT2D eigenvalue weighted by Crippen LogP contribution is -2.25. The number of hydrogen-bond donors (Lipinski definition) is 1. The monoisotopic (exact) mass is 247 g/mol. The van der Waals surface area contributed by atoms with E-state index < -0.39 is 0 Å². The Morgan fingerprint density at radius 2 is 2.33 bits per heavy atom. The molecule has 1 rings (SSSR count). The topological polar surface area (TPSA) is 38.3 Å². The van der Waals surface area contributed by atoms with Gasteiger partial charge < -0.3 is 0 Å². The molecule has 0 bridgehead atoms. The number of amides is 1. The van der Waals surface area contributed by atoms with Crippen LogP contribution < -0.4 is 5.48 Å². The summed E-state index contributed by atoms with van der Waals surface area (Å²) >= 11 is 7.26. The molecule has 1 aromatic rings. The molecule has 1 aromatic heterocycles. The third-order valence-electron chi connectivity index (χ3n) is 1.69. The highest BCUT2D eigenvalue weighted by Gasteiger charge is 2.14. The lowest BCUT2D eigenvalue weighted by Gasteiger charge is -2.06. The van der Waals surface area contributed by atoms with Crippen LogP contribution in [0.5, 0.6) is 0 Å².